The van der Waals surface area contributed by atoms with Gasteiger partial charge >= 0.3 is 0 Å². The summed E-state index contributed by atoms with van der Waals surface area (Å²) in [5.41, 5.74) is 2.73. The van der Waals surface area contributed by atoms with Crippen LogP contribution in [0.15, 0.2) is 47.2 Å². The van der Waals surface area contributed by atoms with Gasteiger partial charge in [0.15, 0.2) is 0 Å². The fourth-order valence-corrected chi connectivity index (χ4v) is 4.23. The molecule has 0 radical (unpaired) electrons. The maximum Gasteiger partial charge on any atom is 0.270 e. The number of hydrogen-bond acceptors (Lipinski definition) is 5. The summed E-state index contributed by atoms with van der Waals surface area (Å²) in [6, 6.07) is 12.5. The van der Waals surface area contributed by atoms with Crippen molar-refractivity contribution < 1.29 is 4.79 Å². The van der Waals surface area contributed by atoms with Gasteiger partial charge in [0.1, 0.15) is 10.7 Å². The van der Waals surface area contributed by atoms with Crippen molar-refractivity contribution in [3.05, 3.63) is 63.3 Å². The second-order valence-electron chi connectivity index (χ2n) is 6.11. The number of hydrogen-bond donors (Lipinski definition) is 1. The lowest BCUT2D eigenvalue weighted by Gasteiger charge is -2.23. The molecular formula is C19H21N3OS2. The number of thiazole rings is 1. The van der Waals surface area contributed by atoms with Gasteiger partial charge in [-0.3, -0.25) is 4.79 Å². The summed E-state index contributed by atoms with van der Waals surface area (Å²) in [6.45, 7) is 2.61. The van der Waals surface area contributed by atoms with E-state index in [0.29, 0.717) is 12.2 Å². The molecule has 3 rings (SSSR count). The molecule has 0 saturated carbocycles. The Morgan fingerprint density at radius 2 is 1.96 bits per heavy atom. The number of amides is 1. The zero-order valence-corrected chi connectivity index (χ0v) is 16.2. The first-order valence-electron chi connectivity index (χ1n) is 8.05. The highest BCUT2D eigenvalue weighted by Crippen LogP contribution is 2.25. The molecule has 25 heavy (non-hydrogen) atoms. The lowest BCUT2D eigenvalue weighted by atomic mass is 10.2. The van der Waals surface area contributed by atoms with Gasteiger partial charge < -0.3 is 10.2 Å². The molecular weight excluding hydrogens is 350 g/mol. The minimum atomic E-state index is -0.127. The van der Waals surface area contributed by atoms with Crippen LogP contribution in [0, 0.1) is 6.92 Å². The van der Waals surface area contributed by atoms with Crippen LogP contribution < -0.4 is 5.32 Å². The van der Waals surface area contributed by atoms with E-state index in [1.165, 1.54) is 21.8 Å². The van der Waals surface area contributed by atoms with Gasteiger partial charge in [-0.15, -0.1) is 22.7 Å². The van der Waals surface area contributed by atoms with Crippen LogP contribution in [0.4, 0.5) is 0 Å². The zero-order valence-electron chi connectivity index (χ0n) is 14.5. The number of benzene rings is 1. The van der Waals surface area contributed by atoms with Gasteiger partial charge in [-0.25, -0.2) is 4.98 Å². The highest BCUT2D eigenvalue weighted by atomic mass is 32.1. The average molecular weight is 372 g/mol. The van der Waals surface area contributed by atoms with Crippen LogP contribution in [0.25, 0.3) is 10.6 Å². The number of aryl methyl sites for hydroxylation is 1. The summed E-state index contributed by atoms with van der Waals surface area (Å²) in [5.74, 6) is -0.127. The van der Waals surface area contributed by atoms with Crippen LogP contribution in [0.2, 0.25) is 0 Å². The Hall–Kier alpha value is -2.02. The van der Waals surface area contributed by atoms with Gasteiger partial charge in [-0.05, 0) is 32.5 Å². The summed E-state index contributed by atoms with van der Waals surface area (Å²) in [6.07, 6.45) is 0. The Bertz CT molecular complexity index is 823. The molecule has 1 amide bonds. The van der Waals surface area contributed by atoms with Crippen molar-refractivity contribution in [1.29, 1.82) is 0 Å². The molecule has 0 fully saturated rings. The predicted molar refractivity (Wildman–Crippen MR) is 105 cm³/mol. The molecule has 0 aliphatic heterocycles. The van der Waals surface area contributed by atoms with Crippen molar-refractivity contribution >= 4 is 28.6 Å². The monoisotopic (exact) mass is 371 g/mol. The third kappa shape index (κ3) is 4.34. The number of nitrogens with one attached hydrogen (secondary N) is 1. The number of carbonyl (C=O) groups is 1. The summed E-state index contributed by atoms with van der Waals surface area (Å²) in [5, 5.41) is 7.76. The van der Waals surface area contributed by atoms with Crippen LogP contribution in [0.3, 0.4) is 0 Å². The molecule has 2 aromatic heterocycles. The topological polar surface area (TPSA) is 45.2 Å². The third-order valence-corrected chi connectivity index (χ3v) is 5.85. The lowest BCUT2D eigenvalue weighted by molar-refractivity contribution is 0.0938. The Morgan fingerprint density at radius 3 is 2.60 bits per heavy atom. The summed E-state index contributed by atoms with van der Waals surface area (Å²) in [4.78, 5) is 20.3. The summed E-state index contributed by atoms with van der Waals surface area (Å²) < 4.78 is 0. The Morgan fingerprint density at radius 1 is 1.20 bits per heavy atom. The second-order valence-corrected chi connectivity index (χ2v) is 7.95. The van der Waals surface area contributed by atoms with E-state index in [-0.39, 0.29) is 11.9 Å². The predicted octanol–water partition coefficient (Wildman–Crippen LogP) is 4.21. The summed E-state index contributed by atoms with van der Waals surface area (Å²) in [7, 11) is 4.05. The number of aromatic nitrogens is 1. The van der Waals surface area contributed by atoms with E-state index in [1.807, 2.05) is 37.7 Å². The number of likely N-dealkylation sites (N-methyl/N-ethyl adjacent to an activating group) is 1. The van der Waals surface area contributed by atoms with Crippen LogP contribution in [0.1, 0.15) is 27.0 Å². The minimum absolute atomic E-state index is 0.127. The zero-order chi connectivity index (χ0) is 17.8. The van der Waals surface area contributed by atoms with Crippen molar-refractivity contribution in [3.8, 4) is 10.6 Å². The number of carbonyl (C=O) groups excluding carboxylic acids is 1. The van der Waals surface area contributed by atoms with E-state index in [2.05, 4.69) is 45.7 Å². The molecule has 130 valence electrons. The van der Waals surface area contributed by atoms with Crippen molar-refractivity contribution in [2.24, 2.45) is 0 Å². The first kappa shape index (κ1) is 17.8. The Kier molecular flexibility index (Phi) is 5.63. The second kappa shape index (κ2) is 7.91. The highest BCUT2D eigenvalue weighted by Gasteiger charge is 2.18. The maximum atomic E-state index is 12.5. The largest absolute Gasteiger partial charge is 0.349 e. The van der Waals surface area contributed by atoms with Gasteiger partial charge in [0.25, 0.3) is 5.91 Å². The van der Waals surface area contributed by atoms with E-state index < -0.39 is 0 Å². The lowest BCUT2D eigenvalue weighted by Crippen LogP contribution is -2.34. The molecule has 0 saturated heterocycles. The Balaban J connectivity index is 1.66. The van der Waals surface area contributed by atoms with Crippen LogP contribution in [-0.4, -0.2) is 36.4 Å². The molecule has 3 aromatic rings. The molecule has 4 nitrogen and oxygen atoms in total. The van der Waals surface area contributed by atoms with Crippen LogP contribution in [0.5, 0.6) is 0 Å². The first-order valence-corrected chi connectivity index (χ1v) is 9.81. The van der Waals surface area contributed by atoms with Crippen molar-refractivity contribution in [3.63, 3.8) is 0 Å². The van der Waals surface area contributed by atoms with Gasteiger partial charge in [0.2, 0.25) is 0 Å². The smallest absolute Gasteiger partial charge is 0.270 e. The van der Waals surface area contributed by atoms with E-state index in [0.717, 1.165) is 10.6 Å². The van der Waals surface area contributed by atoms with Gasteiger partial charge in [0, 0.05) is 22.4 Å². The van der Waals surface area contributed by atoms with Crippen molar-refractivity contribution in [2.45, 2.75) is 13.0 Å². The van der Waals surface area contributed by atoms with E-state index in [9.17, 15) is 4.79 Å². The average Bonchev–Trinajstić information content (AvgIpc) is 3.27. The SMILES string of the molecule is Cc1ccc(-c2nc(C(=O)NCC(c3cccs3)N(C)C)cs2)cc1. The minimum Gasteiger partial charge on any atom is -0.349 e. The molecule has 1 aromatic carbocycles. The molecule has 0 bridgehead atoms. The molecule has 1 unspecified atom stereocenters. The summed E-state index contributed by atoms with van der Waals surface area (Å²) >= 11 is 3.20. The van der Waals surface area contributed by atoms with Gasteiger partial charge in [-0.2, -0.15) is 0 Å². The molecule has 0 aliphatic rings. The number of rotatable bonds is 6. The molecule has 6 heteroatoms. The fraction of sp³-hybridized carbons (Fsp3) is 0.263. The highest BCUT2D eigenvalue weighted by molar-refractivity contribution is 7.13. The molecule has 0 spiro atoms. The first-order chi connectivity index (χ1) is 12.0. The quantitative estimate of drug-likeness (QED) is 0.706. The normalized spacial score (nSPS) is 12.3. The molecule has 2 heterocycles. The third-order valence-electron chi connectivity index (χ3n) is 3.99. The van der Waals surface area contributed by atoms with Crippen molar-refractivity contribution in [1.82, 2.24) is 15.2 Å². The maximum absolute atomic E-state index is 12.5. The fourth-order valence-electron chi connectivity index (χ4n) is 2.51. The molecule has 1 atom stereocenters. The van der Waals surface area contributed by atoms with Gasteiger partial charge in [-0.1, -0.05) is 35.9 Å². The number of thiophene rings is 1. The van der Waals surface area contributed by atoms with Gasteiger partial charge in [0.05, 0.1) is 6.04 Å². The van der Waals surface area contributed by atoms with Crippen LogP contribution in [-0.2, 0) is 0 Å². The number of nitrogens with zero attached hydrogens (tertiary/aromatic N) is 2. The van der Waals surface area contributed by atoms with Crippen molar-refractivity contribution in [2.75, 3.05) is 20.6 Å². The van der Waals surface area contributed by atoms with Crippen LogP contribution >= 0.6 is 22.7 Å². The standard InChI is InChI=1S/C19H21N3OS2/c1-13-6-8-14(9-7-13)19-21-15(12-25-19)18(23)20-11-16(22(2)3)17-5-4-10-24-17/h4-10,12,16H,11H2,1-3H3,(H,20,23). The van der Waals surface area contributed by atoms with E-state index in [4.69, 9.17) is 0 Å². The molecule has 0 aliphatic carbocycles. The van der Waals surface area contributed by atoms with E-state index >= 15 is 0 Å². The Labute approximate surface area is 156 Å². The van der Waals surface area contributed by atoms with E-state index in [1.54, 1.807) is 11.3 Å². The molecule has 1 N–H and O–H groups in total.